The predicted molar refractivity (Wildman–Crippen MR) is 119 cm³/mol. The van der Waals surface area contributed by atoms with Crippen molar-refractivity contribution < 1.29 is 27.4 Å². The maximum atomic E-state index is 14.3. The maximum absolute atomic E-state index is 14.3. The Hall–Kier alpha value is -2.65. The van der Waals surface area contributed by atoms with Gasteiger partial charge in [-0.2, -0.15) is 13.2 Å². The van der Waals surface area contributed by atoms with E-state index in [1.54, 1.807) is 18.5 Å². The molecule has 1 unspecified atom stereocenters. The zero-order valence-corrected chi connectivity index (χ0v) is 19.4. The van der Waals surface area contributed by atoms with Gasteiger partial charge in [0.2, 0.25) is 0 Å². The van der Waals surface area contributed by atoms with Crippen LogP contribution in [0, 0.1) is 5.82 Å². The molecule has 180 valence electrons. The number of nitrogens with zero attached hydrogens (tertiary/aromatic N) is 3. The highest BCUT2D eigenvalue weighted by Crippen LogP contribution is 2.45. The Morgan fingerprint density at radius 1 is 1.15 bits per heavy atom. The van der Waals surface area contributed by atoms with E-state index in [-0.39, 0.29) is 11.3 Å². The van der Waals surface area contributed by atoms with Crippen LogP contribution in [0.5, 0.6) is 5.75 Å². The van der Waals surface area contributed by atoms with Gasteiger partial charge in [0.25, 0.3) is 0 Å². The Bertz CT molecular complexity index is 1120. The molecule has 5 nitrogen and oxygen atoms in total. The zero-order chi connectivity index (χ0) is 24.6. The monoisotopic (exact) mass is 467 g/mol. The molecule has 0 aliphatic heterocycles. The lowest BCUT2D eigenvalue weighted by molar-refractivity contribution is -0.271. The van der Waals surface area contributed by atoms with Gasteiger partial charge >= 0.3 is 6.18 Å². The zero-order valence-electron chi connectivity index (χ0n) is 19.4. The molecular weight excluding hydrogens is 438 g/mol. The summed E-state index contributed by atoms with van der Waals surface area (Å²) >= 11 is 0. The molecular formula is C24H29F4N3O2. The molecule has 9 heteroatoms. The second-order valence-electron chi connectivity index (χ2n) is 9.35. The average Bonchev–Trinajstić information content (AvgIpc) is 3.03. The molecule has 2 heterocycles. The fourth-order valence-corrected chi connectivity index (χ4v) is 4.37. The number of hydrogen-bond acceptors (Lipinski definition) is 4. The van der Waals surface area contributed by atoms with Crippen molar-refractivity contribution >= 4 is 10.9 Å². The molecule has 0 radical (unpaired) electrons. The largest absolute Gasteiger partial charge is 0.496 e. The minimum absolute atomic E-state index is 0.252. The van der Waals surface area contributed by atoms with Crippen LogP contribution in [0.1, 0.15) is 31.4 Å². The molecule has 0 saturated carbocycles. The Morgan fingerprint density at radius 3 is 2.45 bits per heavy atom. The van der Waals surface area contributed by atoms with Gasteiger partial charge in [0.15, 0.2) is 5.60 Å². The van der Waals surface area contributed by atoms with E-state index < -0.39 is 36.0 Å². The van der Waals surface area contributed by atoms with Crippen molar-refractivity contribution in [2.45, 2.75) is 50.6 Å². The van der Waals surface area contributed by atoms with Gasteiger partial charge in [-0.3, -0.25) is 4.98 Å². The number of alkyl halides is 3. The molecule has 0 saturated heterocycles. The van der Waals surface area contributed by atoms with Crippen molar-refractivity contribution in [3.05, 3.63) is 59.8 Å². The molecule has 0 fully saturated rings. The Balaban J connectivity index is 2.06. The summed E-state index contributed by atoms with van der Waals surface area (Å²) in [4.78, 5) is 6.00. The highest BCUT2D eigenvalue weighted by molar-refractivity contribution is 5.83. The molecule has 3 rings (SSSR count). The number of aliphatic hydroxyl groups is 1. The number of methoxy groups -OCH3 is 1. The fourth-order valence-electron chi connectivity index (χ4n) is 4.37. The van der Waals surface area contributed by atoms with Crippen LogP contribution < -0.4 is 4.74 Å². The standard InChI is InChI=1S/C24H29F4N3O2/c1-22(2,19-10-17(25)6-7-21(19)33-5)14-23(32,24(26,27)28)15-31-13-16(12-30(3)4)18-11-29-9-8-20(18)31/h6-11,13,32H,12,14-15H2,1-5H3. The first-order valence-electron chi connectivity index (χ1n) is 10.5. The lowest BCUT2D eigenvalue weighted by Crippen LogP contribution is -2.52. The van der Waals surface area contributed by atoms with E-state index in [1.807, 2.05) is 19.0 Å². The Morgan fingerprint density at radius 2 is 1.85 bits per heavy atom. The van der Waals surface area contributed by atoms with Gasteiger partial charge < -0.3 is 19.3 Å². The van der Waals surface area contributed by atoms with E-state index in [1.165, 1.54) is 43.9 Å². The van der Waals surface area contributed by atoms with E-state index in [0.717, 1.165) is 17.0 Å². The third kappa shape index (κ3) is 5.14. The van der Waals surface area contributed by atoms with Crippen LogP contribution in [0.25, 0.3) is 10.9 Å². The predicted octanol–water partition coefficient (Wildman–Crippen LogP) is 4.91. The number of rotatable bonds is 8. The van der Waals surface area contributed by atoms with Crippen molar-refractivity contribution in [2.24, 2.45) is 0 Å². The quantitative estimate of drug-likeness (QED) is 0.479. The third-order valence-corrected chi connectivity index (χ3v) is 5.84. The van der Waals surface area contributed by atoms with Crippen LogP contribution in [0.4, 0.5) is 17.6 Å². The molecule has 3 aromatic rings. The third-order valence-electron chi connectivity index (χ3n) is 5.84. The Kier molecular flexibility index (Phi) is 6.77. The summed E-state index contributed by atoms with van der Waals surface area (Å²) < 4.78 is 63.6. The van der Waals surface area contributed by atoms with Crippen LogP contribution in [-0.2, 0) is 18.5 Å². The number of benzene rings is 1. The van der Waals surface area contributed by atoms with E-state index in [4.69, 9.17) is 4.74 Å². The highest BCUT2D eigenvalue weighted by Gasteiger charge is 2.56. The molecule has 1 aromatic carbocycles. The van der Waals surface area contributed by atoms with Crippen LogP contribution in [0.15, 0.2) is 42.9 Å². The van der Waals surface area contributed by atoms with Crippen LogP contribution in [-0.4, -0.2) is 52.5 Å². The second-order valence-corrected chi connectivity index (χ2v) is 9.35. The number of halogens is 4. The molecule has 0 spiro atoms. The molecule has 2 aromatic heterocycles. The minimum atomic E-state index is -4.93. The van der Waals surface area contributed by atoms with Gasteiger partial charge in [-0.1, -0.05) is 13.8 Å². The van der Waals surface area contributed by atoms with E-state index in [2.05, 4.69) is 4.98 Å². The summed E-state index contributed by atoms with van der Waals surface area (Å²) in [6, 6.07) is 5.34. The summed E-state index contributed by atoms with van der Waals surface area (Å²) in [6.07, 6.45) is -0.891. The molecule has 0 aliphatic rings. The van der Waals surface area contributed by atoms with Crippen molar-refractivity contribution in [3.8, 4) is 5.75 Å². The van der Waals surface area contributed by atoms with E-state index in [0.29, 0.717) is 12.1 Å². The van der Waals surface area contributed by atoms with Gasteiger partial charge in [-0.15, -0.1) is 0 Å². The molecule has 0 amide bonds. The number of hydrogen-bond donors (Lipinski definition) is 1. The lowest BCUT2D eigenvalue weighted by Gasteiger charge is -2.38. The SMILES string of the molecule is COc1ccc(F)cc1C(C)(C)CC(O)(Cn1cc(CN(C)C)c2cnccc21)C(F)(F)F. The lowest BCUT2D eigenvalue weighted by atomic mass is 9.74. The van der Waals surface area contributed by atoms with Crippen LogP contribution in [0.3, 0.4) is 0 Å². The van der Waals surface area contributed by atoms with Gasteiger partial charge in [-0.25, -0.2) is 4.39 Å². The number of aromatic nitrogens is 2. The van der Waals surface area contributed by atoms with Gasteiger partial charge in [-0.05, 0) is 55.8 Å². The first kappa shape index (κ1) is 25.0. The van der Waals surface area contributed by atoms with Crippen LogP contribution in [0.2, 0.25) is 0 Å². The molecule has 0 aliphatic carbocycles. The number of fused-ring (bicyclic) bond motifs is 1. The normalized spacial score (nSPS) is 14.6. The van der Waals surface area contributed by atoms with Crippen LogP contribution >= 0.6 is 0 Å². The summed E-state index contributed by atoms with van der Waals surface area (Å²) in [6.45, 7) is 2.86. The number of pyridine rings is 1. The summed E-state index contributed by atoms with van der Waals surface area (Å²) in [5.74, 6) is -0.330. The fraction of sp³-hybridized carbons (Fsp3) is 0.458. The first-order valence-corrected chi connectivity index (χ1v) is 10.5. The summed E-state index contributed by atoms with van der Waals surface area (Å²) in [7, 11) is 5.09. The molecule has 33 heavy (non-hydrogen) atoms. The molecule has 1 atom stereocenters. The van der Waals surface area contributed by atoms with Crippen molar-refractivity contribution in [3.63, 3.8) is 0 Å². The molecule has 1 N–H and O–H groups in total. The van der Waals surface area contributed by atoms with Gasteiger partial charge in [0.05, 0.1) is 19.2 Å². The second kappa shape index (κ2) is 8.95. The van der Waals surface area contributed by atoms with Crippen molar-refractivity contribution in [1.29, 1.82) is 0 Å². The average molecular weight is 468 g/mol. The van der Waals surface area contributed by atoms with E-state index in [9.17, 15) is 22.7 Å². The van der Waals surface area contributed by atoms with Gasteiger partial charge in [0.1, 0.15) is 11.6 Å². The Labute approximate surface area is 190 Å². The van der Waals surface area contributed by atoms with Crippen molar-refractivity contribution in [2.75, 3.05) is 21.2 Å². The van der Waals surface area contributed by atoms with Crippen molar-refractivity contribution in [1.82, 2.24) is 14.5 Å². The number of ether oxygens (including phenoxy) is 1. The summed E-state index contributed by atoms with van der Waals surface area (Å²) in [5.41, 5.74) is -2.74. The maximum Gasteiger partial charge on any atom is 0.418 e. The summed E-state index contributed by atoms with van der Waals surface area (Å²) in [5, 5.41) is 11.8. The minimum Gasteiger partial charge on any atom is -0.496 e. The highest BCUT2D eigenvalue weighted by atomic mass is 19.4. The molecule has 0 bridgehead atoms. The van der Waals surface area contributed by atoms with Gasteiger partial charge in [0, 0.05) is 36.1 Å². The van der Waals surface area contributed by atoms with E-state index >= 15 is 0 Å². The smallest absolute Gasteiger partial charge is 0.418 e. The topological polar surface area (TPSA) is 50.5 Å². The first-order chi connectivity index (χ1) is 15.3.